The Bertz CT molecular complexity index is 837. The number of imidazole rings is 1. The number of carbonyl (C=O) groups is 2. The molecular weight excluding hydrogens is 359 g/mol. The first kappa shape index (κ1) is 18.7. The predicted molar refractivity (Wildman–Crippen MR) is 102 cm³/mol. The number of piperidine rings is 2. The number of nitrogens with zero attached hydrogens (tertiary/aromatic N) is 3. The van der Waals surface area contributed by atoms with Crippen LogP contribution in [0, 0.1) is 11.2 Å². The molecule has 6 nitrogen and oxygen atoms in total. The molecule has 1 aromatic heterocycles. The number of aromatic amines is 1. The van der Waals surface area contributed by atoms with Gasteiger partial charge >= 0.3 is 0 Å². The summed E-state index contributed by atoms with van der Waals surface area (Å²) >= 11 is 0. The molecule has 2 aliphatic rings. The van der Waals surface area contributed by atoms with Crippen molar-refractivity contribution >= 4 is 11.8 Å². The summed E-state index contributed by atoms with van der Waals surface area (Å²) in [4.78, 5) is 36.2. The SMILES string of the molecule is O=C1CCC2(CCCN(C(=O)c3ccc(F)cc3)C2)CN1CCc1cnc[nH]1. The van der Waals surface area contributed by atoms with Crippen LogP contribution in [0.4, 0.5) is 4.39 Å². The van der Waals surface area contributed by atoms with E-state index in [1.165, 1.54) is 12.1 Å². The van der Waals surface area contributed by atoms with Crippen LogP contribution in [0.2, 0.25) is 0 Å². The van der Waals surface area contributed by atoms with Crippen LogP contribution in [0.5, 0.6) is 0 Å². The summed E-state index contributed by atoms with van der Waals surface area (Å²) in [7, 11) is 0. The highest BCUT2D eigenvalue weighted by Crippen LogP contribution is 2.39. The van der Waals surface area contributed by atoms with Crippen LogP contribution in [0.15, 0.2) is 36.8 Å². The van der Waals surface area contributed by atoms with Gasteiger partial charge in [-0.05, 0) is 43.5 Å². The number of rotatable bonds is 4. The molecule has 1 atom stereocenters. The summed E-state index contributed by atoms with van der Waals surface area (Å²) in [5.74, 6) is -0.211. The molecule has 2 aromatic rings. The molecule has 1 aromatic carbocycles. The van der Waals surface area contributed by atoms with Crippen LogP contribution >= 0.6 is 0 Å². The number of benzene rings is 1. The van der Waals surface area contributed by atoms with Crippen molar-refractivity contribution in [3.8, 4) is 0 Å². The van der Waals surface area contributed by atoms with Gasteiger partial charge in [0.2, 0.25) is 5.91 Å². The van der Waals surface area contributed by atoms with Crippen LogP contribution in [0.1, 0.15) is 41.7 Å². The first-order valence-corrected chi connectivity index (χ1v) is 9.85. The zero-order chi connectivity index (χ0) is 19.6. The van der Waals surface area contributed by atoms with Crippen molar-refractivity contribution in [3.05, 3.63) is 53.9 Å². The standard InChI is InChI=1S/C21H25FN4O2/c22-17-4-2-16(3-5-17)20(28)26-10-1-8-21(14-26)9-6-19(27)25(13-21)11-7-18-12-23-15-24-18/h2-5,12,15H,1,6-11,13-14H2,(H,23,24). The second-order valence-electron chi connectivity index (χ2n) is 7.98. The van der Waals surface area contributed by atoms with Gasteiger partial charge in [-0.25, -0.2) is 9.37 Å². The van der Waals surface area contributed by atoms with Crippen LogP contribution < -0.4 is 0 Å². The lowest BCUT2D eigenvalue weighted by molar-refractivity contribution is -0.138. The number of carbonyl (C=O) groups excluding carboxylic acids is 2. The Labute approximate surface area is 163 Å². The molecule has 28 heavy (non-hydrogen) atoms. The van der Waals surface area contributed by atoms with Gasteiger partial charge in [0, 0.05) is 61.9 Å². The Hall–Kier alpha value is -2.70. The van der Waals surface area contributed by atoms with Crippen LogP contribution in [0.3, 0.4) is 0 Å². The van der Waals surface area contributed by atoms with Crippen molar-refractivity contribution in [2.24, 2.45) is 5.41 Å². The maximum absolute atomic E-state index is 13.2. The van der Waals surface area contributed by atoms with Gasteiger partial charge in [0.15, 0.2) is 0 Å². The first-order chi connectivity index (χ1) is 13.5. The van der Waals surface area contributed by atoms with Crippen LogP contribution in [0.25, 0.3) is 0 Å². The summed E-state index contributed by atoms with van der Waals surface area (Å²) in [6.07, 6.45) is 7.48. The van der Waals surface area contributed by atoms with E-state index in [-0.39, 0.29) is 23.0 Å². The third-order valence-corrected chi connectivity index (χ3v) is 5.99. The minimum absolute atomic E-state index is 0.0458. The molecule has 2 fully saturated rings. The Morgan fingerprint density at radius 3 is 2.79 bits per heavy atom. The van der Waals surface area contributed by atoms with Crippen molar-refractivity contribution in [1.29, 1.82) is 0 Å². The lowest BCUT2D eigenvalue weighted by atomic mass is 9.73. The fourth-order valence-corrected chi connectivity index (χ4v) is 4.47. The lowest BCUT2D eigenvalue weighted by Gasteiger charge is -2.48. The first-order valence-electron chi connectivity index (χ1n) is 9.85. The van der Waals surface area contributed by atoms with Crippen molar-refractivity contribution in [2.75, 3.05) is 26.2 Å². The molecule has 1 unspecified atom stereocenters. The van der Waals surface area contributed by atoms with Crippen molar-refractivity contribution in [2.45, 2.75) is 32.1 Å². The number of hydrogen-bond donors (Lipinski definition) is 1. The molecule has 3 heterocycles. The molecule has 1 N–H and O–H groups in total. The van der Waals surface area contributed by atoms with E-state index in [1.807, 2.05) is 9.80 Å². The number of nitrogens with one attached hydrogen (secondary N) is 1. The van der Waals surface area contributed by atoms with Gasteiger partial charge in [-0.3, -0.25) is 9.59 Å². The summed E-state index contributed by atoms with van der Waals surface area (Å²) in [5, 5.41) is 0. The molecule has 0 bridgehead atoms. The molecule has 4 rings (SSSR count). The third kappa shape index (κ3) is 3.93. The van der Waals surface area contributed by atoms with E-state index in [2.05, 4.69) is 9.97 Å². The van der Waals surface area contributed by atoms with E-state index in [0.717, 1.165) is 31.4 Å². The lowest BCUT2D eigenvalue weighted by Crippen LogP contribution is -2.55. The summed E-state index contributed by atoms with van der Waals surface area (Å²) in [6, 6.07) is 5.73. The van der Waals surface area contributed by atoms with E-state index in [0.29, 0.717) is 38.2 Å². The summed E-state index contributed by atoms with van der Waals surface area (Å²) in [6.45, 7) is 2.71. The highest BCUT2D eigenvalue weighted by Gasteiger charge is 2.42. The number of aromatic nitrogens is 2. The second kappa shape index (κ2) is 7.73. The number of likely N-dealkylation sites (tertiary alicyclic amines) is 2. The Morgan fingerprint density at radius 2 is 2.04 bits per heavy atom. The van der Waals surface area contributed by atoms with Gasteiger partial charge in [0.1, 0.15) is 5.82 Å². The Kier molecular flexibility index (Phi) is 5.15. The average molecular weight is 384 g/mol. The van der Waals surface area contributed by atoms with E-state index < -0.39 is 0 Å². The zero-order valence-electron chi connectivity index (χ0n) is 15.9. The Balaban J connectivity index is 1.43. The van der Waals surface area contributed by atoms with Crippen LogP contribution in [-0.4, -0.2) is 57.8 Å². The maximum Gasteiger partial charge on any atom is 0.253 e. The molecule has 2 amide bonds. The van der Waals surface area contributed by atoms with Crippen molar-refractivity contribution < 1.29 is 14.0 Å². The normalized spacial score (nSPS) is 22.7. The smallest absolute Gasteiger partial charge is 0.253 e. The highest BCUT2D eigenvalue weighted by molar-refractivity contribution is 5.94. The molecule has 2 saturated heterocycles. The number of halogens is 1. The van der Waals surface area contributed by atoms with Gasteiger partial charge in [-0.15, -0.1) is 0 Å². The van der Waals surface area contributed by atoms with Crippen molar-refractivity contribution in [3.63, 3.8) is 0 Å². The zero-order valence-corrected chi connectivity index (χ0v) is 15.9. The largest absolute Gasteiger partial charge is 0.348 e. The molecular formula is C21H25FN4O2. The highest BCUT2D eigenvalue weighted by atomic mass is 19.1. The summed E-state index contributed by atoms with van der Waals surface area (Å²) in [5.41, 5.74) is 1.49. The van der Waals surface area contributed by atoms with Gasteiger partial charge in [-0.2, -0.15) is 0 Å². The van der Waals surface area contributed by atoms with Gasteiger partial charge in [0.05, 0.1) is 6.33 Å². The topological polar surface area (TPSA) is 69.3 Å². The third-order valence-electron chi connectivity index (χ3n) is 5.99. The van der Waals surface area contributed by atoms with E-state index in [9.17, 15) is 14.0 Å². The number of amides is 2. The fourth-order valence-electron chi connectivity index (χ4n) is 4.47. The minimum atomic E-state index is -0.342. The molecule has 148 valence electrons. The molecule has 0 saturated carbocycles. The quantitative estimate of drug-likeness (QED) is 0.881. The predicted octanol–water partition coefficient (Wildman–Crippen LogP) is 2.64. The molecule has 2 aliphatic heterocycles. The number of H-pyrrole nitrogens is 1. The number of hydrogen-bond acceptors (Lipinski definition) is 3. The van der Waals surface area contributed by atoms with E-state index >= 15 is 0 Å². The molecule has 0 aliphatic carbocycles. The van der Waals surface area contributed by atoms with E-state index in [4.69, 9.17) is 0 Å². The van der Waals surface area contributed by atoms with Crippen LogP contribution in [-0.2, 0) is 11.2 Å². The fraction of sp³-hybridized carbons (Fsp3) is 0.476. The van der Waals surface area contributed by atoms with Gasteiger partial charge in [0.25, 0.3) is 5.91 Å². The van der Waals surface area contributed by atoms with E-state index in [1.54, 1.807) is 24.7 Å². The van der Waals surface area contributed by atoms with Gasteiger partial charge < -0.3 is 14.8 Å². The van der Waals surface area contributed by atoms with Gasteiger partial charge in [-0.1, -0.05) is 0 Å². The minimum Gasteiger partial charge on any atom is -0.348 e. The molecule has 0 radical (unpaired) electrons. The van der Waals surface area contributed by atoms with Crippen molar-refractivity contribution in [1.82, 2.24) is 19.8 Å². The maximum atomic E-state index is 13.2. The summed E-state index contributed by atoms with van der Waals surface area (Å²) < 4.78 is 13.2. The molecule has 7 heteroatoms. The average Bonchev–Trinajstić information content (AvgIpc) is 3.23. The molecule has 1 spiro atoms. The second-order valence-corrected chi connectivity index (χ2v) is 7.98. The monoisotopic (exact) mass is 384 g/mol. The Morgan fingerprint density at radius 1 is 1.21 bits per heavy atom.